The van der Waals surface area contributed by atoms with E-state index in [1.165, 1.54) is 76.6 Å². The zero-order valence-electron chi connectivity index (χ0n) is 40.7. The predicted octanol–water partition coefficient (Wildman–Crippen LogP) is 16.8. The maximum atomic E-state index is 5.18. The quantitative estimate of drug-likeness (QED) is 0.162. The first-order chi connectivity index (χ1) is 37.2. The highest BCUT2D eigenvalue weighted by molar-refractivity contribution is 6.15. The Morgan fingerprint density at radius 1 is 0.280 bits per heavy atom. The van der Waals surface area contributed by atoms with Gasteiger partial charge < -0.3 is 19.0 Å². The molecule has 0 saturated carbocycles. The van der Waals surface area contributed by atoms with E-state index in [4.69, 9.17) is 9.98 Å². The van der Waals surface area contributed by atoms with Crippen molar-refractivity contribution in [2.24, 2.45) is 9.98 Å². The molecule has 15 rings (SSSR count). The van der Waals surface area contributed by atoms with Crippen LogP contribution in [0.4, 0.5) is 0 Å². The molecule has 0 radical (unpaired) electrons. The number of fused-ring (bicyclic) bond motifs is 9. The molecule has 0 saturated heterocycles. The van der Waals surface area contributed by atoms with Crippen LogP contribution in [-0.2, 0) is 0 Å². The van der Waals surface area contributed by atoms with Crippen LogP contribution in [0.5, 0.6) is 0 Å². The number of nitrogens with zero attached hydrogens (tertiary/aromatic N) is 5. The average Bonchev–Trinajstić information content (AvgIpc) is 4.16. The lowest BCUT2D eigenvalue weighted by molar-refractivity contribution is 0.674. The number of benzene rings is 11. The van der Waals surface area contributed by atoms with Gasteiger partial charge in [0.1, 0.15) is 12.0 Å². The van der Waals surface area contributed by atoms with Gasteiger partial charge in [-0.3, -0.25) is 0 Å². The molecule has 0 fully saturated rings. The second-order valence-electron chi connectivity index (χ2n) is 19.4. The third kappa shape index (κ3) is 7.10. The second kappa shape index (κ2) is 17.3. The van der Waals surface area contributed by atoms with Crippen molar-refractivity contribution in [1.29, 1.82) is 0 Å². The van der Waals surface area contributed by atoms with Gasteiger partial charge in [-0.25, -0.2) is 9.98 Å². The number of aromatic nitrogens is 3. The van der Waals surface area contributed by atoms with Gasteiger partial charge in [-0.05, 0) is 125 Å². The molecule has 1 aliphatic rings. The normalized spacial score (nSPS) is 13.7. The van der Waals surface area contributed by atoms with Crippen LogP contribution < -0.4 is 5.32 Å². The van der Waals surface area contributed by atoms with Crippen LogP contribution in [0.15, 0.2) is 277 Å². The van der Waals surface area contributed by atoms with Gasteiger partial charge in [-0.15, -0.1) is 0 Å². The van der Waals surface area contributed by atoms with Crippen molar-refractivity contribution in [3.05, 3.63) is 284 Å². The highest BCUT2D eigenvalue weighted by Crippen LogP contribution is 2.41. The molecule has 14 aromatic rings. The summed E-state index contributed by atoms with van der Waals surface area (Å²) >= 11 is 0. The van der Waals surface area contributed by atoms with E-state index in [9.17, 15) is 0 Å². The van der Waals surface area contributed by atoms with Crippen LogP contribution in [0.2, 0.25) is 0 Å². The van der Waals surface area contributed by atoms with Gasteiger partial charge in [0, 0.05) is 60.5 Å². The molecule has 3 aromatic heterocycles. The summed E-state index contributed by atoms with van der Waals surface area (Å²) in [6, 6.07) is 96.1. The van der Waals surface area contributed by atoms with Crippen LogP contribution in [0.25, 0.3) is 105 Å². The second-order valence-corrected chi connectivity index (χ2v) is 19.4. The Hall–Kier alpha value is -10.0. The molecule has 6 nitrogen and oxygen atoms in total. The van der Waals surface area contributed by atoms with E-state index in [-0.39, 0.29) is 6.17 Å². The van der Waals surface area contributed by atoms with E-state index < -0.39 is 0 Å². The molecule has 0 amide bonds. The summed E-state index contributed by atoms with van der Waals surface area (Å²) in [5, 5.41) is 11.0. The molecule has 0 bridgehead atoms. The Morgan fingerprint density at radius 3 is 1.07 bits per heavy atom. The highest BCUT2D eigenvalue weighted by Gasteiger charge is 2.23. The highest BCUT2D eigenvalue weighted by atomic mass is 15.2. The Labute approximate surface area is 433 Å². The first-order valence-corrected chi connectivity index (χ1v) is 25.6. The van der Waals surface area contributed by atoms with Gasteiger partial charge in [0.2, 0.25) is 0 Å². The zero-order valence-corrected chi connectivity index (χ0v) is 40.7. The largest absolute Gasteiger partial charge is 0.344 e. The minimum atomic E-state index is -0.330. The minimum absolute atomic E-state index is 0.330. The number of nitrogens with one attached hydrogen (secondary N) is 1. The summed E-state index contributed by atoms with van der Waals surface area (Å²) in [6.07, 6.45) is -0.330. The lowest BCUT2D eigenvalue weighted by Crippen LogP contribution is -2.33. The third-order valence-electron chi connectivity index (χ3n) is 15.1. The van der Waals surface area contributed by atoms with Gasteiger partial charge >= 0.3 is 0 Å². The van der Waals surface area contributed by atoms with Gasteiger partial charge in [0.05, 0.1) is 33.1 Å². The van der Waals surface area contributed by atoms with E-state index in [1.54, 1.807) is 0 Å². The molecule has 11 aromatic carbocycles. The van der Waals surface area contributed by atoms with Crippen LogP contribution in [0, 0.1) is 0 Å². The van der Waals surface area contributed by atoms with Gasteiger partial charge in [0.15, 0.2) is 5.84 Å². The first-order valence-electron chi connectivity index (χ1n) is 25.6. The van der Waals surface area contributed by atoms with Crippen molar-refractivity contribution in [2.75, 3.05) is 0 Å². The number of amidine groups is 2. The zero-order chi connectivity index (χ0) is 49.4. The van der Waals surface area contributed by atoms with Crippen molar-refractivity contribution in [1.82, 2.24) is 19.0 Å². The van der Waals surface area contributed by atoms with Crippen molar-refractivity contribution in [3.63, 3.8) is 0 Å². The Bertz CT molecular complexity index is 4370. The summed E-state index contributed by atoms with van der Waals surface area (Å²) in [5.74, 6) is 1.51. The fourth-order valence-corrected chi connectivity index (χ4v) is 11.6. The lowest BCUT2D eigenvalue weighted by atomic mass is 9.98. The summed E-state index contributed by atoms with van der Waals surface area (Å²) in [6.45, 7) is 0. The van der Waals surface area contributed by atoms with Crippen LogP contribution >= 0.6 is 0 Å². The molecule has 1 N–H and O–H groups in total. The standard InChI is InChI=1S/C69H46N6/c1-5-17-45(18-6-1)67-70-68(46-19-7-2-8-20-46)72-69(71-67)47-29-35-54(36-30-47)75-65-39-33-50(48-31-37-63-57(41-48)55-25-13-15-27-61(55)73(63)52-21-9-3-10-22-52)43-59(65)60-44-51(34-40-66(60)75)49-32-38-64-58(42-49)56-26-14-16-28-62(56)74(64)53-23-11-4-12-24-53/h1-44,69H,(H,70,71,72). The molecule has 1 atom stereocenters. The fraction of sp³-hybridized carbons (Fsp3) is 0.0145. The monoisotopic (exact) mass is 958 g/mol. The maximum Gasteiger partial charge on any atom is 0.159 e. The molecule has 0 aliphatic carbocycles. The van der Waals surface area contributed by atoms with E-state index in [0.717, 1.165) is 50.6 Å². The van der Waals surface area contributed by atoms with Crippen molar-refractivity contribution in [3.8, 4) is 39.3 Å². The molecule has 1 aliphatic heterocycles. The van der Waals surface area contributed by atoms with E-state index in [1.807, 2.05) is 36.4 Å². The Morgan fingerprint density at radius 2 is 0.627 bits per heavy atom. The van der Waals surface area contributed by atoms with Gasteiger partial charge in [0.25, 0.3) is 0 Å². The molecular formula is C69H46N6. The first kappa shape index (κ1) is 42.6. The van der Waals surface area contributed by atoms with Gasteiger partial charge in [-0.2, -0.15) is 0 Å². The Kier molecular flexibility index (Phi) is 9.85. The molecule has 6 heteroatoms. The molecule has 0 spiro atoms. The van der Waals surface area contributed by atoms with E-state index in [2.05, 4.69) is 250 Å². The topological polar surface area (TPSA) is 51.5 Å². The lowest BCUT2D eigenvalue weighted by Gasteiger charge is -2.24. The van der Waals surface area contributed by atoms with Gasteiger partial charge in [-0.1, -0.05) is 170 Å². The molecular weight excluding hydrogens is 913 g/mol. The number of para-hydroxylation sites is 4. The van der Waals surface area contributed by atoms with Crippen molar-refractivity contribution >= 4 is 77.1 Å². The average molecular weight is 959 g/mol. The molecule has 4 heterocycles. The summed E-state index contributed by atoms with van der Waals surface area (Å²) in [7, 11) is 0. The van der Waals surface area contributed by atoms with E-state index >= 15 is 0 Å². The Balaban J connectivity index is 0.881. The summed E-state index contributed by atoms with van der Waals surface area (Å²) in [5.41, 5.74) is 18.2. The van der Waals surface area contributed by atoms with Crippen LogP contribution in [0.3, 0.4) is 0 Å². The fourth-order valence-electron chi connectivity index (χ4n) is 11.6. The molecule has 352 valence electrons. The maximum absolute atomic E-state index is 5.18. The number of aliphatic imine (C=N–C) groups is 2. The third-order valence-corrected chi connectivity index (χ3v) is 15.1. The number of hydrogen-bond donors (Lipinski definition) is 1. The summed E-state index contributed by atoms with van der Waals surface area (Å²) in [4.78, 5) is 10.2. The molecule has 75 heavy (non-hydrogen) atoms. The SMILES string of the molecule is c1ccc(C2=NC(c3ccc(-n4c5ccc(-c6ccc7c(c6)c6ccccc6n7-c6ccccc6)cc5c5cc(-c6ccc7c(c6)c6ccccc6n7-c6ccccc6)ccc54)cc3)NC(c3ccccc3)=N2)cc1. The smallest absolute Gasteiger partial charge is 0.159 e. The van der Waals surface area contributed by atoms with E-state index in [0.29, 0.717) is 5.84 Å². The van der Waals surface area contributed by atoms with Crippen LogP contribution in [0.1, 0.15) is 22.9 Å². The number of hydrogen-bond acceptors (Lipinski definition) is 3. The van der Waals surface area contributed by atoms with Crippen molar-refractivity contribution in [2.45, 2.75) is 6.17 Å². The number of rotatable bonds is 8. The summed E-state index contributed by atoms with van der Waals surface area (Å²) < 4.78 is 7.17. The van der Waals surface area contributed by atoms with Crippen molar-refractivity contribution < 1.29 is 0 Å². The predicted molar refractivity (Wildman–Crippen MR) is 312 cm³/mol. The molecule has 1 unspecified atom stereocenters. The van der Waals surface area contributed by atoms with Crippen LogP contribution in [-0.4, -0.2) is 25.4 Å². The minimum Gasteiger partial charge on any atom is -0.344 e.